The molecule has 0 fully saturated rings. The molecule has 0 unspecified atom stereocenters. The van der Waals surface area contributed by atoms with Crippen molar-refractivity contribution in [1.29, 1.82) is 0 Å². The van der Waals surface area contributed by atoms with Crippen LogP contribution in [0.3, 0.4) is 0 Å². The third-order valence-corrected chi connectivity index (χ3v) is 2.85. The van der Waals surface area contributed by atoms with E-state index in [1.807, 2.05) is 0 Å². The molecular weight excluding hydrogens is 262 g/mol. The van der Waals surface area contributed by atoms with Gasteiger partial charge in [-0.25, -0.2) is 8.78 Å². The highest BCUT2D eigenvalue weighted by Gasteiger charge is 2.50. The summed E-state index contributed by atoms with van der Waals surface area (Å²) in [5.74, 6) is -6.48. The molecule has 0 spiro atoms. The van der Waals surface area contributed by atoms with Crippen LogP contribution in [0.5, 0.6) is 0 Å². The van der Waals surface area contributed by atoms with Crippen molar-refractivity contribution < 1.29 is 22.4 Å². The molecule has 0 aromatic heterocycles. The number of alkyl halides is 4. The van der Waals surface area contributed by atoms with Gasteiger partial charge in [-0.15, -0.1) is 0 Å². The number of halogens is 4. The fraction of sp³-hybridized carbons (Fsp3) is 0.462. The molecule has 1 aromatic rings. The van der Waals surface area contributed by atoms with Crippen LogP contribution in [0.15, 0.2) is 24.3 Å². The predicted octanol–water partition coefficient (Wildman–Crippen LogP) is 3.24. The zero-order chi connectivity index (χ0) is 14.6. The Labute approximate surface area is 109 Å². The van der Waals surface area contributed by atoms with Crippen LogP contribution in [-0.2, 0) is 11.3 Å². The first-order chi connectivity index (χ1) is 8.80. The molecule has 0 N–H and O–H groups in total. The minimum atomic E-state index is -4.64. The standard InChI is InChI=1S/C13H15F4NO/c1-3-18(12(19)13(16,17)11(14)15)8-10-7-5-4-6-9(10)2/h4-7,11H,3,8H2,1-2H3. The zero-order valence-electron chi connectivity index (χ0n) is 10.7. The van der Waals surface area contributed by atoms with Crippen molar-refractivity contribution in [3.63, 3.8) is 0 Å². The number of rotatable bonds is 5. The molecule has 0 heterocycles. The molecule has 0 radical (unpaired) electrons. The Bertz CT molecular complexity index is 448. The lowest BCUT2D eigenvalue weighted by Crippen LogP contribution is -2.47. The first-order valence-corrected chi connectivity index (χ1v) is 5.80. The van der Waals surface area contributed by atoms with Gasteiger partial charge in [-0.1, -0.05) is 24.3 Å². The van der Waals surface area contributed by atoms with Crippen molar-refractivity contribution >= 4 is 5.91 Å². The smallest absolute Gasteiger partial charge is 0.333 e. The zero-order valence-corrected chi connectivity index (χ0v) is 10.7. The molecule has 2 nitrogen and oxygen atoms in total. The van der Waals surface area contributed by atoms with Gasteiger partial charge >= 0.3 is 12.3 Å². The van der Waals surface area contributed by atoms with Crippen LogP contribution in [0.4, 0.5) is 17.6 Å². The number of nitrogens with zero attached hydrogens (tertiary/aromatic N) is 1. The highest BCUT2D eigenvalue weighted by atomic mass is 19.3. The van der Waals surface area contributed by atoms with Crippen LogP contribution in [0.2, 0.25) is 0 Å². The van der Waals surface area contributed by atoms with E-state index in [0.29, 0.717) is 5.56 Å². The quantitative estimate of drug-likeness (QED) is 0.757. The van der Waals surface area contributed by atoms with E-state index in [-0.39, 0.29) is 13.1 Å². The second kappa shape index (κ2) is 6.04. The van der Waals surface area contributed by atoms with E-state index in [9.17, 15) is 22.4 Å². The summed E-state index contributed by atoms with van der Waals surface area (Å²) in [6.45, 7) is 3.07. The number of aryl methyl sites for hydroxylation is 1. The van der Waals surface area contributed by atoms with Gasteiger partial charge in [-0.05, 0) is 25.0 Å². The van der Waals surface area contributed by atoms with Crippen molar-refractivity contribution in [1.82, 2.24) is 4.90 Å². The molecule has 0 aliphatic carbocycles. The number of hydrogen-bond acceptors (Lipinski definition) is 1. The minimum absolute atomic E-state index is 0.0600. The van der Waals surface area contributed by atoms with Crippen LogP contribution in [0.1, 0.15) is 18.1 Å². The largest absolute Gasteiger partial charge is 0.383 e. The van der Waals surface area contributed by atoms with Gasteiger partial charge in [0.1, 0.15) is 0 Å². The SMILES string of the molecule is CCN(Cc1ccccc1C)C(=O)C(F)(F)C(F)F. The molecule has 1 aromatic carbocycles. The van der Waals surface area contributed by atoms with E-state index in [2.05, 4.69) is 0 Å². The Morgan fingerprint density at radius 1 is 1.32 bits per heavy atom. The number of carbonyl (C=O) groups is 1. The lowest BCUT2D eigenvalue weighted by Gasteiger charge is -2.26. The normalized spacial score (nSPS) is 11.7. The number of benzene rings is 1. The van der Waals surface area contributed by atoms with E-state index in [1.165, 1.54) is 6.92 Å². The molecule has 1 amide bonds. The van der Waals surface area contributed by atoms with Gasteiger partial charge in [-0.2, -0.15) is 8.78 Å². The van der Waals surface area contributed by atoms with Gasteiger partial charge in [0.2, 0.25) is 0 Å². The van der Waals surface area contributed by atoms with Gasteiger partial charge in [-0.3, -0.25) is 4.79 Å². The Balaban J connectivity index is 2.91. The summed E-state index contributed by atoms with van der Waals surface area (Å²) >= 11 is 0. The van der Waals surface area contributed by atoms with Gasteiger partial charge in [0.25, 0.3) is 5.91 Å². The van der Waals surface area contributed by atoms with Crippen LogP contribution >= 0.6 is 0 Å². The van der Waals surface area contributed by atoms with Gasteiger partial charge < -0.3 is 4.90 Å². The van der Waals surface area contributed by atoms with Crippen molar-refractivity contribution in [2.75, 3.05) is 6.54 Å². The molecule has 0 aliphatic heterocycles. The lowest BCUT2D eigenvalue weighted by atomic mass is 10.1. The highest BCUT2D eigenvalue weighted by Crippen LogP contribution is 2.26. The summed E-state index contributed by atoms with van der Waals surface area (Å²) in [6.07, 6.45) is -3.99. The fourth-order valence-electron chi connectivity index (χ4n) is 1.62. The van der Waals surface area contributed by atoms with Gasteiger partial charge in [0.05, 0.1) is 0 Å². The summed E-state index contributed by atoms with van der Waals surface area (Å²) in [7, 11) is 0. The third-order valence-electron chi connectivity index (χ3n) is 2.85. The average Bonchev–Trinajstić information content (AvgIpc) is 2.36. The minimum Gasteiger partial charge on any atom is -0.333 e. The maximum absolute atomic E-state index is 13.0. The Morgan fingerprint density at radius 2 is 1.89 bits per heavy atom. The molecule has 0 atom stereocenters. The maximum Gasteiger partial charge on any atom is 0.383 e. The van der Waals surface area contributed by atoms with E-state index in [1.54, 1.807) is 31.2 Å². The lowest BCUT2D eigenvalue weighted by molar-refractivity contribution is -0.181. The number of hydrogen-bond donors (Lipinski definition) is 0. The molecule has 0 saturated carbocycles. The first kappa shape index (κ1) is 15.5. The molecular formula is C13H15F4NO. The Morgan fingerprint density at radius 3 is 2.37 bits per heavy atom. The first-order valence-electron chi connectivity index (χ1n) is 5.80. The Kier molecular flexibility index (Phi) is 4.91. The van der Waals surface area contributed by atoms with E-state index >= 15 is 0 Å². The molecule has 106 valence electrons. The predicted molar refractivity (Wildman–Crippen MR) is 63.2 cm³/mol. The third kappa shape index (κ3) is 3.45. The van der Waals surface area contributed by atoms with Crippen molar-refractivity contribution in [3.05, 3.63) is 35.4 Å². The second-order valence-corrected chi connectivity index (χ2v) is 4.17. The van der Waals surface area contributed by atoms with E-state index in [0.717, 1.165) is 10.5 Å². The van der Waals surface area contributed by atoms with Crippen molar-refractivity contribution in [2.24, 2.45) is 0 Å². The molecule has 0 aliphatic rings. The molecule has 0 bridgehead atoms. The molecule has 19 heavy (non-hydrogen) atoms. The maximum atomic E-state index is 13.0. The van der Waals surface area contributed by atoms with Crippen LogP contribution in [-0.4, -0.2) is 29.7 Å². The monoisotopic (exact) mass is 277 g/mol. The van der Waals surface area contributed by atoms with Crippen LogP contribution in [0.25, 0.3) is 0 Å². The summed E-state index contributed by atoms with van der Waals surface area (Å²) in [5.41, 5.74) is 1.47. The average molecular weight is 277 g/mol. The summed E-state index contributed by atoms with van der Waals surface area (Å²) in [6, 6.07) is 6.90. The Hall–Kier alpha value is -1.59. The number of carbonyl (C=O) groups excluding carboxylic acids is 1. The molecule has 0 saturated heterocycles. The van der Waals surface area contributed by atoms with Crippen molar-refractivity contribution in [2.45, 2.75) is 32.7 Å². The van der Waals surface area contributed by atoms with Crippen LogP contribution in [0, 0.1) is 6.92 Å². The van der Waals surface area contributed by atoms with Gasteiger partial charge in [0.15, 0.2) is 0 Å². The number of amides is 1. The van der Waals surface area contributed by atoms with Gasteiger partial charge in [0, 0.05) is 13.1 Å². The second-order valence-electron chi connectivity index (χ2n) is 4.17. The van der Waals surface area contributed by atoms with E-state index < -0.39 is 18.3 Å². The molecule has 1 rings (SSSR count). The fourth-order valence-corrected chi connectivity index (χ4v) is 1.62. The topological polar surface area (TPSA) is 20.3 Å². The summed E-state index contributed by atoms with van der Waals surface area (Å²) in [5, 5.41) is 0. The van der Waals surface area contributed by atoms with E-state index in [4.69, 9.17) is 0 Å². The summed E-state index contributed by atoms with van der Waals surface area (Å²) in [4.78, 5) is 12.2. The highest BCUT2D eigenvalue weighted by molar-refractivity contribution is 5.84. The summed E-state index contributed by atoms with van der Waals surface area (Å²) < 4.78 is 50.4. The molecule has 6 heteroatoms. The van der Waals surface area contributed by atoms with Crippen molar-refractivity contribution in [3.8, 4) is 0 Å². The van der Waals surface area contributed by atoms with Crippen LogP contribution < -0.4 is 0 Å².